The molecular weight excluding hydrogens is 321 g/mol. The third-order valence-electron chi connectivity index (χ3n) is 3.42. The first kappa shape index (κ1) is 18.2. The van der Waals surface area contributed by atoms with Gasteiger partial charge >= 0.3 is 6.18 Å². The number of nitrogens with zero attached hydrogens (tertiary/aromatic N) is 1. The van der Waals surface area contributed by atoms with Gasteiger partial charge in [0.2, 0.25) is 0 Å². The summed E-state index contributed by atoms with van der Waals surface area (Å²) >= 11 is 0. The van der Waals surface area contributed by atoms with Crippen LogP contribution in [0.1, 0.15) is 16.8 Å². The van der Waals surface area contributed by atoms with Crippen molar-refractivity contribution in [3.05, 3.63) is 59.4 Å². The summed E-state index contributed by atoms with van der Waals surface area (Å²) < 4.78 is 43.0. The van der Waals surface area contributed by atoms with E-state index in [1.807, 2.05) is 19.1 Å². The maximum absolute atomic E-state index is 12.6. The monoisotopic (exact) mass is 340 g/mol. The zero-order valence-electron chi connectivity index (χ0n) is 13.2. The van der Waals surface area contributed by atoms with Crippen molar-refractivity contribution in [3.63, 3.8) is 0 Å². The molecule has 1 heterocycles. The number of aryl methyl sites for hydroxylation is 1. The topological polar surface area (TPSA) is 54.4 Å². The van der Waals surface area contributed by atoms with Gasteiger partial charge in [0.25, 0.3) is 0 Å². The van der Waals surface area contributed by atoms with Gasteiger partial charge in [-0.2, -0.15) is 13.2 Å². The van der Waals surface area contributed by atoms with Crippen LogP contribution in [-0.4, -0.2) is 29.3 Å². The summed E-state index contributed by atoms with van der Waals surface area (Å²) in [5.74, 6) is 0.0759. The number of aliphatic hydroxyl groups excluding tert-OH is 1. The lowest BCUT2D eigenvalue weighted by atomic mass is 10.2. The summed E-state index contributed by atoms with van der Waals surface area (Å²) in [6, 6.07) is 8.35. The number of aliphatic hydroxyl groups is 1. The van der Waals surface area contributed by atoms with E-state index in [1.165, 1.54) is 12.1 Å². The fourth-order valence-corrected chi connectivity index (χ4v) is 2.09. The molecule has 1 aromatic carbocycles. The number of alkyl halides is 3. The third-order valence-corrected chi connectivity index (χ3v) is 3.42. The molecule has 1 unspecified atom stereocenters. The van der Waals surface area contributed by atoms with Crippen molar-refractivity contribution < 1.29 is 23.0 Å². The molecule has 0 bridgehead atoms. The van der Waals surface area contributed by atoms with Crippen molar-refractivity contribution >= 4 is 0 Å². The summed E-state index contributed by atoms with van der Waals surface area (Å²) in [4.78, 5) is 4.16. The Morgan fingerprint density at radius 1 is 1.25 bits per heavy atom. The Hall–Kier alpha value is -2.12. The van der Waals surface area contributed by atoms with Crippen LogP contribution in [0.2, 0.25) is 0 Å². The smallest absolute Gasteiger partial charge is 0.416 e. The lowest BCUT2D eigenvalue weighted by Gasteiger charge is -2.15. The van der Waals surface area contributed by atoms with Gasteiger partial charge in [-0.1, -0.05) is 12.1 Å². The van der Waals surface area contributed by atoms with Crippen molar-refractivity contribution in [1.29, 1.82) is 0 Å². The fraction of sp³-hybridized carbons (Fsp3) is 0.353. The molecule has 1 aromatic heterocycles. The van der Waals surface area contributed by atoms with E-state index in [4.69, 9.17) is 4.74 Å². The minimum Gasteiger partial charge on any atom is -0.491 e. The van der Waals surface area contributed by atoms with Crippen LogP contribution in [0.4, 0.5) is 13.2 Å². The van der Waals surface area contributed by atoms with Crippen LogP contribution in [-0.2, 0) is 12.7 Å². The highest BCUT2D eigenvalue weighted by Gasteiger charge is 2.30. The van der Waals surface area contributed by atoms with Crippen LogP contribution in [0.25, 0.3) is 0 Å². The van der Waals surface area contributed by atoms with Crippen molar-refractivity contribution in [2.45, 2.75) is 25.7 Å². The first-order chi connectivity index (χ1) is 11.4. The normalized spacial score (nSPS) is 12.9. The van der Waals surface area contributed by atoms with Gasteiger partial charge < -0.3 is 15.2 Å². The molecule has 7 heteroatoms. The zero-order chi connectivity index (χ0) is 17.6. The lowest BCUT2D eigenvalue weighted by molar-refractivity contribution is -0.137. The van der Waals surface area contributed by atoms with Crippen LogP contribution in [0.5, 0.6) is 5.75 Å². The van der Waals surface area contributed by atoms with Crippen molar-refractivity contribution in [3.8, 4) is 5.75 Å². The third kappa shape index (κ3) is 5.50. The number of ether oxygens (including phenoxy) is 1. The van der Waals surface area contributed by atoms with Crippen molar-refractivity contribution in [2.75, 3.05) is 13.2 Å². The molecule has 0 saturated heterocycles. The Balaban J connectivity index is 1.77. The van der Waals surface area contributed by atoms with E-state index in [0.29, 0.717) is 6.54 Å². The number of aromatic nitrogens is 1. The molecule has 0 fully saturated rings. The number of benzene rings is 1. The largest absolute Gasteiger partial charge is 0.491 e. The molecule has 0 aliphatic heterocycles. The maximum Gasteiger partial charge on any atom is 0.416 e. The molecule has 130 valence electrons. The molecule has 0 spiro atoms. The number of pyridine rings is 1. The number of nitrogens with one attached hydrogen (secondary N) is 1. The molecule has 0 radical (unpaired) electrons. The molecule has 2 N–H and O–H groups in total. The molecule has 1 atom stereocenters. The fourth-order valence-electron chi connectivity index (χ4n) is 2.09. The molecule has 24 heavy (non-hydrogen) atoms. The quantitative estimate of drug-likeness (QED) is 0.814. The Kier molecular flexibility index (Phi) is 6.16. The van der Waals surface area contributed by atoms with E-state index in [9.17, 15) is 18.3 Å². The van der Waals surface area contributed by atoms with Gasteiger partial charge in [-0.15, -0.1) is 0 Å². The average molecular weight is 340 g/mol. The van der Waals surface area contributed by atoms with E-state index in [-0.39, 0.29) is 18.9 Å². The molecule has 2 aromatic rings. The Bertz CT molecular complexity index is 662. The second kappa shape index (κ2) is 8.12. The minimum absolute atomic E-state index is 0.0759. The van der Waals surface area contributed by atoms with Gasteiger partial charge in [-0.05, 0) is 36.8 Å². The van der Waals surface area contributed by atoms with Crippen LogP contribution in [0.3, 0.4) is 0 Å². The summed E-state index contributed by atoms with van der Waals surface area (Å²) in [6.07, 6.45) is -3.55. The zero-order valence-corrected chi connectivity index (χ0v) is 13.2. The van der Waals surface area contributed by atoms with Gasteiger partial charge in [0.05, 0.1) is 5.56 Å². The van der Waals surface area contributed by atoms with E-state index in [2.05, 4.69) is 10.3 Å². The van der Waals surface area contributed by atoms with Crippen LogP contribution in [0.15, 0.2) is 42.6 Å². The number of hydrogen-bond acceptors (Lipinski definition) is 4. The number of halogens is 3. The number of rotatable bonds is 7. The SMILES string of the molecule is Cc1ncccc1CNCC(O)COc1cccc(C(F)(F)F)c1. The molecule has 0 saturated carbocycles. The Labute approximate surface area is 138 Å². The van der Waals surface area contributed by atoms with E-state index < -0.39 is 17.8 Å². The van der Waals surface area contributed by atoms with Gasteiger partial charge in [0.1, 0.15) is 18.5 Å². The first-order valence-corrected chi connectivity index (χ1v) is 7.45. The average Bonchev–Trinajstić information content (AvgIpc) is 2.54. The Morgan fingerprint density at radius 3 is 2.75 bits per heavy atom. The van der Waals surface area contributed by atoms with Gasteiger partial charge in [-0.3, -0.25) is 4.98 Å². The highest BCUT2D eigenvalue weighted by molar-refractivity contribution is 5.30. The molecular formula is C17H19F3N2O2. The highest BCUT2D eigenvalue weighted by atomic mass is 19.4. The van der Waals surface area contributed by atoms with Crippen molar-refractivity contribution in [1.82, 2.24) is 10.3 Å². The molecule has 0 amide bonds. The predicted molar refractivity (Wildman–Crippen MR) is 83.6 cm³/mol. The number of hydrogen-bond donors (Lipinski definition) is 2. The summed E-state index contributed by atoms with van der Waals surface area (Å²) in [6.45, 7) is 2.60. The van der Waals surface area contributed by atoms with Crippen LogP contribution >= 0.6 is 0 Å². The van der Waals surface area contributed by atoms with E-state index >= 15 is 0 Å². The predicted octanol–water partition coefficient (Wildman–Crippen LogP) is 2.94. The van der Waals surface area contributed by atoms with Gasteiger partial charge in [0, 0.05) is 25.0 Å². The summed E-state index contributed by atoms with van der Waals surface area (Å²) in [7, 11) is 0. The van der Waals surface area contributed by atoms with E-state index in [1.54, 1.807) is 6.20 Å². The lowest BCUT2D eigenvalue weighted by Crippen LogP contribution is -2.31. The highest BCUT2D eigenvalue weighted by Crippen LogP contribution is 2.31. The molecule has 2 rings (SSSR count). The summed E-state index contributed by atoms with van der Waals surface area (Å²) in [5.41, 5.74) is 1.14. The first-order valence-electron chi connectivity index (χ1n) is 7.45. The van der Waals surface area contributed by atoms with Gasteiger partial charge in [-0.25, -0.2) is 0 Å². The minimum atomic E-state index is -4.42. The molecule has 4 nitrogen and oxygen atoms in total. The van der Waals surface area contributed by atoms with E-state index in [0.717, 1.165) is 23.4 Å². The molecule has 0 aliphatic rings. The molecule has 0 aliphatic carbocycles. The van der Waals surface area contributed by atoms with Crippen LogP contribution < -0.4 is 10.1 Å². The van der Waals surface area contributed by atoms with Gasteiger partial charge in [0.15, 0.2) is 0 Å². The standard InChI is InChI=1S/C17H19F3N2O2/c1-12-13(4-3-7-22-12)9-21-10-15(23)11-24-16-6-2-5-14(8-16)17(18,19)20/h2-8,15,21,23H,9-11H2,1H3. The second-order valence-corrected chi connectivity index (χ2v) is 5.37. The second-order valence-electron chi connectivity index (χ2n) is 5.37. The Morgan fingerprint density at radius 2 is 2.04 bits per heavy atom. The van der Waals surface area contributed by atoms with Crippen LogP contribution in [0, 0.1) is 6.92 Å². The maximum atomic E-state index is 12.6. The van der Waals surface area contributed by atoms with Crippen molar-refractivity contribution in [2.24, 2.45) is 0 Å². The summed E-state index contributed by atoms with van der Waals surface area (Å²) in [5, 5.41) is 12.9.